The van der Waals surface area contributed by atoms with E-state index in [1.54, 1.807) is 31.2 Å². The predicted octanol–water partition coefficient (Wildman–Crippen LogP) is 3.57. The van der Waals surface area contributed by atoms with E-state index in [1.165, 1.54) is 22.5 Å². The quantitative estimate of drug-likeness (QED) is 0.775. The van der Waals surface area contributed by atoms with Gasteiger partial charge in [-0.05, 0) is 62.6 Å². The van der Waals surface area contributed by atoms with E-state index in [9.17, 15) is 17.6 Å². The number of piperidine rings is 1. The highest BCUT2D eigenvalue weighted by Crippen LogP contribution is 2.28. The zero-order valence-electron chi connectivity index (χ0n) is 16.5. The minimum Gasteiger partial charge on any atom is -0.494 e. The van der Waals surface area contributed by atoms with Crippen LogP contribution in [0.3, 0.4) is 0 Å². The molecule has 0 radical (unpaired) electrons. The van der Waals surface area contributed by atoms with E-state index in [-0.39, 0.29) is 23.0 Å². The van der Waals surface area contributed by atoms with Crippen LogP contribution < -0.4 is 10.1 Å². The topological polar surface area (TPSA) is 75.7 Å². The average Bonchev–Trinajstić information content (AvgIpc) is 2.71. The Morgan fingerprint density at radius 3 is 2.72 bits per heavy atom. The standard InChI is InChI=1S/C21H25FN2O4S/c1-3-28-20-11-10-17(13-15(20)2)29(26,27)24-12-6-7-16(14-24)21(25)23-19-9-5-4-8-18(19)22/h4-5,8-11,13,16H,3,6-7,12,14H2,1-2H3,(H,23,25)/t16-/m0/s1. The molecule has 29 heavy (non-hydrogen) atoms. The Morgan fingerprint density at radius 1 is 1.28 bits per heavy atom. The number of hydrogen-bond donors (Lipinski definition) is 1. The van der Waals surface area contributed by atoms with E-state index in [4.69, 9.17) is 4.74 Å². The maximum absolute atomic E-state index is 13.8. The molecular formula is C21H25FN2O4S. The summed E-state index contributed by atoms with van der Waals surface area (Å²) in [6.07, 6.45) is 1.11. The Labute approximate surface area is 170 Å². The van der Waals surface area contributed by atoms with Crippen molar-refractivity contribution >= 4 is 21.6 Å². The van der Waals surface area contributed by atoms with Crippen LogP contribution in [0.25, 0.3) is 0 Å². The van der Waals surface area contributed by atoms with E-state index in [2.05, 4.69) is 5.32 Å². The second kappa shape index (κ2) is 8.92. The van der Waals surface area contributed by atoms with Gasteiger partial charge in [-0.2, -0.15) is 4.31 Å². The van der Waals surface area contributed by atoms with Gasteiger partial charge in [-0.25, -0.2) is 12.8 Å². The summed E-state index contributed by atoms with van der Waals surface area (Å²) < 4.78 is 46.8. The van der Waals surface area contributed by atoms with Crippen LogP contribution in [-0.2, 0) is 14.8 Å². The molecule has 0 aliphatic carbocycles. The number of hydrogen-bond acceptors (Lipinski definition) is 4. The van der Waals surface area contributed by atoms with Crippen LogP contribution in [0, 0.1) is 18.7 Å². The lowest BCUT2D eigenvalue weighted by molar-refractivity contribution is -0.120. The summed E-state index contributed by atoms with van der Waals surface area (Å²) in [4.78, 5) is 12.8. The van der Waals surface area contributed by atoms with Gasteiger partial charge in [-0.1, -0.05) is 12.1 Å². The summed E-state index contributed by atoms with van der Waals surface area (Å²) in [6, 6.07) is 10.7. The van der Waals surface area contributed by atoms with Crippen molar-refractivity contribution in [3.63, 3.8) is 0 Å². The van der Waals surface area contributed by atoms with E-state index < -0.39 is 21.8 Å². The van der Waals surface area contributed by atoms with Gasteiger partial charge in [0.05, 0.1) is 23.1 Å². The third-order valence-corrected chi connectivity index (χ3v) is 6.83. The minimum absolute atomic E-state index is 0.0644. The number of rotatable bonds is 6. The molecule has 2 aromatic carbocycles. The third kappa shape index (κ3) is 4.76. The Balaban J connectivity index is 1.75. The van der Waals surface area contributed by atoms with Gasteiger partial charge in [0.25, 0.3) is 0 Å². The number of amides is 1. The number of ether oxygens (including phenoxy) is 1. The summed E-state index contributed by atoms with van der Waals surface area (Å²) >= 11 is 0. The number of nitrogens with zero attached hydrogens (tertiary/aromatic N) is 1. The Bertz CT molecular complexity index is 994. The Hall–Kier alpha value is -2.45. The molecule has 0 bridgehead atoms. The SMILES string of the molecule is CCOc1ccc(S(=O)(=O)N2CCC[C@H](C(=O)Nc3ccccc3F)C2)cc1C. The zero-order valence-corrected chi connectivity index (χ0v) is 17.3. The lowest BCUT2D eigenvalue weighted by Gasteiger charge is -2.31. The molecule has 156 valence electrons. The first kappa shape index (κ1) is 21.3. The smallest absolute Gasteiger partial charge is 0.243 e. The number of sulfonamides is 1. The first-order valence-corrected chi connectivity index (χ1v) is 11.1. The molecule has 0 aromatic heterocycles. The second-order valence-electron chi connectivity index (χ2n) is 7.03. The van der Waals surface area contributed by atoms with Crippen molar-refractivity contribution in [2.24, 2.45) is 5.92 Å². The molecule has 1 atom stereocenters. The molecule has 1 aliphatic rings. The van der Waals surface area contributed by atoms with Crippen LogP contribution in [0.15, 0.2) is 47.4 Å². The van der Waals surface area contributed by atoms with Crippen molar-refractivity contribution in [1.29, 1.82) is 0 Å². The van der Waals surface area contributed by atoms with E-state index >= 15 is 0 Å². The van der Waals surface area contributed by atoms with E-state index in [0.29, 0.717) is 31.7 Å². The number of halogens is 1. The predicted molar refractivity (Wildman–Crippen MR) is 109 cm³/mol. The van der Waals surface area contributed by atoms with Crippen molar-refractivity contribution in [3.05, 3.63) is 53.8 Å². The number of benzene rings is 2. The molecule has 1 aliphatic heterocycles. The van der Waals surface area contributed by atoms with Crippen molar-refractivity contribution in [2.75, 3.05) is 25.0 Å². The molecule has 2 aromatic rings. The number of carbonyl (C=O) groups is 1. The monoisotopic (exact) mass is 420 g/mol. The van der Waals surface area contributed by atoms with Crippen LogP contribution in [0.4, 0.5) is 10.1 Å². The van der Waals surface area contributed by atoms with Crippen molar-refractivity contribution in [1.82, 2.24) is 4.31 Å². The van der Waals surface area contributed by atoms with Crippen molar-refractivity contribution in [2.45, 2.75) is 31.6 Å². The molecule has 3 rings (SSSR count). The van der Waals surface area contributed by atoms with Crippen LogP contribution in [0.2, 0.25) is 0 Å². The number of para-hydroxylation sites is 1. The highest BCUT2D eigenvalue weighted by atomic mass is 32.2. The van der Waals surface area contributed by atoms with Gasteiger partial charge >= 0.3 is 0 Å². The largest absolute Gasteiger partial charge is 0.494 e. The van der Waals surface area contributed by atoms with E-state index in [1.807, 2.05) is 6.92 Å². The highest BCUT2D eigenvalue weighted by Gasteiger charge is 2.33. The maximum Gasteiger partial charge on any atom is 0.243 e. The molecule has 1 N–H and O–H groups in total. The van der Waals surface area contributed by atoms with Gasteiger partial charge in [0.1, 0.15) is 11.6 Å². The van der Waals surface area contributed by atoms with Crippen LogP contribution in [0.1, 0.15) is 25.3 Å². The molecule has 6 nitrogen and oxygen atoms in total. The summed E-state index contributed by atoms with van der Waals surface area (Å²) in [5, 5.41) is 2.57. The summed E-state index contributed by atoms with van der Waals surface area (Å²) in [7, 11) is -3.74. The molecule has 1 amide bonds. The normalized spacial score (nSPS) is 17.7. The first-order valence-electron chi connectivity index (χ1n) is 9.62. The number of anilines is 1. The fraction of sp³-hybridized carbons (Fsp3) is 0.381. The van der Waals surface area contributed by atoms with E-state index in [0.717, 1.165) is 5.56 Å². The fourth-order valence-electron chi connectivity index (χ4n) is 3.42. The number of carbonyl (C=O) groups excluding carboxylic acids is 1. The molecular weight excluding hydrogens is 395 g/mol. The molecule has 1 fully saturated rings. The average molecular weight is 421 g/mol. The Morgan fingerprint density at radius 2 is 2.03 bits per heavy atom. The second-order valence-corrected chi connectivity index (χ2v) is 8.97. The van der Waals surface area contributed by atoms with Crippen LogP contribution in [0.5, 0.6) is 5.75 Å². The Kier molecular flexibility index (Phi) is 6.54. The van der Waals surface area contributed by atoms with Gasteiger partial charge in [-0.15, -0.1) is 0 Å². The molecule has 0 unspecified atom stereocenters. The molecule has 8 heteroatoms. The third-order valence-electron chi connectivity index (χ3n) is 4.97. The highest BCUT2D eigenvalue weighted by molar-refractivity contribution is 7.89. The lowest BCUT2D eigenvalue weighted by atomic mass is 9.98. The van der Waals surface area contributed by atoms with Gasteiger partial charge < -0.3 is 10.1 Å². The molecule has 0 saturated carbocycles. The first-order chi connectivity index (χ1) is 13.8. The van der Waals surface area contributed by atoms with Crippen molar-refractivity contribution in [3.8, 4) is 5.75 Å². The molecule has 1 saturated heterocycles. The van der Waals surface area contributed by atoms with Gasteiger partial charge in [0.2, 0.25) is 15.9 Å². The number of nitrogens with one attached hydrogen (secondary N) is 1. The van der Waals surface area contributed by atoms with Gasteiger partial charge in [0, 0.05) is 13.1 Å². The van der Waals surface area contributed by atoms with Crippen molar-refractivity contribution < 1.29 is 22.3 Å². The molecule has 1 heterocycles. The fourth-order valence-corrected chi connectivity index (χ4v) is 5.03. The zero-order chi connectivity index (χ0) is 21.0. The summed E-state index contributed by atoms with van der Waals surface area (Å²) in [5.74, 6) is -0.793. The van der Waals surface area contributed by atoms with Crippen LogP contribution in [-0.4, -0.2) is 38.3 Å². The molecule has 0 spiro atoms. The van der Waals surface area contributed by atoms with Gasteiger partial charge in [-0.3, -0.25) is 4.79 Å². The summed E-state index contributed by atoms with van der Waals surface area (Å²) in [6.45, 7) is 4.57. The lowest BCUT2D eigenvalue weighted by Crippen LogP contribution is -2.43. The summed E-state index contributed by atoms with van der Waals surface area (Å²) in [5.41, 5.74) is 0.832. The van der Waals surface area contributed by atoms with Crippen LogP contribution >= 0.6 is 0 Å². The van der Waals surface area contributed by atoms with Gasteiger partial charge in [0.15, 0.2) is 0 Å². The maximum atomic E-state index is 13.8. The minimum atomic E-state index is -3.74. The number of aryl methyl sites for hydroxylation is 1.